The number of hydrogen-bond acceptors (Lipinski definition) is 4. The van der Waals surface area contributed by atoms with Crippen LogP contribution in [-0.4, -0.2) is 37.2 Å². The maximum atomic E-state index is 12.6. The first kappa shape index (κ1) is 16.5. The molecule has 1 aliphatic heterocycles. The lowest BCUT2D eigenvalue weighted by molar-refractivity contribution is -0.117. The van der Waals surface area contributed by atoms with Crippen LogP contribution in [0.2, 0.25) is 0 Å². The number of pyridine rings is 1. The summed E-state index contributed by atoms with van der Waals surface area (Å²) in [6.45, 7) is 5.19. The van der Waals surface area contributed by atoms with Crippen molar-refractivity contribution in [1.82, 2.24) is 4.98 Å². The highest BCUT2D eigenvalue weighted by Crippen LogP contribution is 2.22. The number of nitrogens with zero attached hydrogens (tertiary/aromatic N) is 2. The van der Waals surface area contributed by atoms with E-state index < -0.39 is 0 Å². The van der Waals surface area contributed by atoms with Crippen LogP contribution < -0.4 is 10.2 Å². The highest BCUT2D eigenvalue weighted by Gasteiger charge is 2.19. The minimum Gasteiger partial charge on any atom is -0.378 e. The van der Waals surface area contributed by atoms with Crippen molar-refractivity contribution >= 4 is 17.4 Å². The maximum Gasteiger partial charge on any atom is 0.231 e. The van der Waals surface area contributed by atoms with Crippen molar-refractivity contribution in [3.63, 3.8) is 0 Å². The molecule has 1 aromatic carbocycles. The van der Waals surface area contributed by atoms with Crippen LogP contribution in [-0.2, 0) is 9.53 Å². The molecule has 2 heterocycles. The quantitative estimate of drug-likeness (QED) is 0.918. The minimum atomic E-state index is -0.148. The number of benzene rings is 1. The van der Waals surface area contributed by atoms with Crippen molar-refractivity contribution in [1.29, 1.82) is 0 Å². The van der Waals surface area contributed by atoms with Gasteiger partial charge in [-0.05, 0) is 24.1 Å². The van der Waals surface area contributed by atoms with Crippen molar-refractivity contribution in [3.05, 3.63) is 54.2 Å². The van der Waals surface area contributed by atoms with E-state index in [1.165, 1.54) is 0 Å². The molecule has 0 unspecified atom stereocenters. The number of amides is 1. The van der Waals surface area contributed by atoms with Crippen molar-refractivity contribution in [3.8, 4) is 0 Å². The van der Waals surface area contributed by atoms with E-state index in [9.17, 15) is 4.79 Å². The number of hydrogen-bond donors (Lipinski definition) is 1. The molecule has 1 atom stereocenters. The van der Waals surface area contributed by atoms with E-state index in [1.807, 2.05) is 49.4 Å². The normalized spacial score (nSPS) is 15.8. The lowest BCUT2D eigenvalue weighted by Gasteiger charge is -2.27. The standard InChI is InChI=1S/C19H23N3O2/c1-2-17(15-6-4-3-5-7-15)19(23)21-16-8-9-18(20-14-16)22-10-12-24-13-11-22/h3-9,14,17H,2,10-13H2,1H3,(H,21,23)/t17-/m1/s1. The Kier molecular flexibility index (Phi) is 5.43. The predicted octanol–water partition coefficient (Wildman–Crippen LogP) is 3.05. The van der Waals surface area contributed by atoms with Gasteiger partial charge in [-0.25, -0.2) is 4.98 Å². The molecule has 0 bridgehead atoms. The van der Waals surface area contributed by atoms with Gasteiger partial charge < -0.3 is 15.0 Å². The first-order chi connectivity index (χ1) is 11.8. The molecule has 0 spiro atoms. The molecule has 24 heavy (non-hydrogen) atoms. The zero-order chi connectivity index (χ0) is 16.8. The van der Waals surface area contributed by atoms with Gasteiger partial charge in [0, 0.05) is 13.1 Å². The Morgan fingerprint density at radius 2 is 1.96 bits per heavy atom. The Labute approximate surface area is 142 Å². The van der Waals surface area contributed by atoms with Gasteiger partial charge in [0.1, 0.15) is 5.82 Å². The summed E-state index contributed by atoms with van der Waals surface area (Å²) in [4.78, 5) is 19.2. The molecule has 0 saturated carbocycles. The summed E-state index contributed by atoms with van der Waals surface area (Å²) in [6.07, 6.45) is 2.48. The summed E-state index contributed by atoms with van der Waals surface area (Å²) in [6, 6.07) is 13.7. The van der Waals surface area contributed by atoms with Crippen LogP contribution in [0.25, 0.3) is 0 Å². The van der Waals surface area contributed by atoms with E-state index in [-0.39, 0.29) is 11.8 Å². The lowest BCUT2D eigenvalue weighted by Crippen LogP contribution is -2.36. The number of carbonyl (C=O) groups excluding carboxylic acids is 1. The molecule has 0 aliphatic carbocycles. The van der Waals surface area contributed by atoms with E-state index in [2.05, 4.69) is 15.2 Å². The average Bonchev–Trinajstić information content (AvgIpc) is 2.64. The molecule has 3 rings (SSSR count). The van der Waals surface area contributed by atoms with Gasteiger partial charge in [0.25, 0.3) is 0 Å². The van der Waals surface area contributed by atoms with E-state index >= 15 is 0 Å². The third kappa shape index (κ3) is 3.92. The molecule has 1 fully saturated rings. The zero-order valence-electron chi connectivity index (χ0n) is 13.9. The fourth-order valence-electron chi connectivity index (χ4n) is 2.93. The molecule has 1 N–H and O–H groups in total. The summed E-state index contributed by atoms with van der Waals surface area (Å²) < 4.78 is 5.35. The van der Waals surface area contributed by atoms with Crippen LogP contribution in [0.4, 0.5) is 11.5 Å². The van der Waals surface area contributed by atoms with Gasteiger partial charge in [0.05, 0.1) is 31.0 Å². The second kappa shape index (κ2) is 7.93. The van der Waals surface area contributed by atoms with E-state index in [0.29, 0.717) is 0 Å². The van der Waals surface area contributed by atoms with Gasteiger partial charge in [-0.15, -0.1) is 0 Å². The number of carbonyl (C=O) groups is 1. The Morgan fingerprint density at radius 1 is 1.21 bits per heavy atom. The molecule has 2 aromatic rings. The molecular formula is C19H23N3O2. The molecule has 5 heteroatoms. The van der Waals surface area contributed by atoms with Gasteiger partial charge in [-0.3, -0.25) is 4.79 Å². The van der Waals surface area contributed by atoms with E-state index in [1.54, 1.807) is 6.20 Å². The second-order valence-corrected chi connectivity index (χ2v) is 5.87. The van der Waals surface area contributed by atoms with Crippen molar-refractivity contribution < 1.29 is 9.53 Å². The van der Waals surface area contributed by atoms with Crippen LogP contribution in [0.1, 0.15) is 24.8 Å². The number of anilines is 2. The maximum absolute atomic E-state index is 12.6. The molecule has 1 aliphatic rings. The average molecular weight is 325 g/mol. The lowest BCUT2D eigenvalue weighted by atomic mass is 9.95. The third-order valence-electron chi connectivity index (χ3n) is 4.28. The van der Waals surface area contributed by atoms with E-state index in [4.69, 9.17) is 4.74 Å². The van der Waals surface area contributed by atoms with Crippen molar-refractivity contribution in [2.75, 3.05) is 36.5 Å². The zero-order valence-corrected chi connectivity index (χ0v) is 13.9. The van der Waals surface area contributed by atoms with Gasteiger partial charge in [0.2, 0.25) is 5.91 Å². The molecular weight excluding hydrogens is 302 g/mol. The fourth-order valence-corrected chi connectivity index (χ4v) is 2.93. The Morgan fingerprint density at radius 3 is 2.58 bits per heavy atom. The predicted molar refractivity (Wildman–Crippen MR) is 95.4 cm³/mol. The fraction of sp³-hybridized carbons (Fsp3) is 0.368. The Balaban J connectivity index is 1.65. The monoisotopic (exact) mass is 325 g/mol. The summed E-state index contributed by atoms with van der Waals surface area (Å²) in [5.41, 5.74) is 1.77. The number of aromatic nitrogens is 1. The molecule has 5 nitrogen and oxygen atoms in total. The van der Waals surface area contributed by atoms with Crippen molar-refractivity contribution in [2.45, 2.75) is 19.3 Å². The van der Waals surface area contributed by atoms with Gasteiger partial charge >= 0.3 is 0 Å². The molecule has 126 valence electrons. The number of rotatable bonds is 5. The number of nitrogens with one attached hydrogen (secondary N) is 1. The number of morpholine rings is 1. The van der Waals surface area contributed by atoms with Gasteiger partial charge in [-0.2, -0.15) is 0 Å². The topological polar surface area (TPSA) is 54.5 Å². The first-order valence-corrected chi connectivity index (χ1v) is 8.42. The van der Waals surface area contributed by atoms with Crippen LogP contribution in [0.5, 0.6) is 0 Å². The number of ether oxygens (including phenoxy) is 1. The Bertz CT molecular complexity index is 652. The highest BCUT2D eigenvalue weighted by molar-refractivity contribution is 5.95. The Hall–Kier alpha value is -2.40. The summed E-state index contributed by atoms with van der Waals surface area (Å²) in [5, 5.41) is 2.98. The molecule has 1 aromatic heterocycles. The smallest absolute Gasteiger partial charge is 0.231 e. The summed E-state index contributed by atoms with van der Waals surface area (Å²) in [5.74, 6) is 0.779. The SMILES string of the molecule is CC[C@@H](C(=O)Nc1ccc(N2CCOCC2)nc1)c1ccccc1. The largest absolute Gasteiger partial charge is 0.378 e. The first-order valence-electron chi connectivity index (χ1n) is 8.42. The van der Waals surface area contributed by atoms with Gasteiger partial charge in [-0.1, -0.05) is 37.3 Å². The van der Waals surface area contributed by atoms with Crippen LogP contribution in [0.3, 0.4) is 0 Å². The highest BCUT2D eigenvalue weighted by atomic mass is 16.5. The van der Waals surface area contributed by atoms with Crippen LogP contribution >= 0.6 is 0 Å². The minimum absolute atomic E-state index is 0.00428. The third-order valence-corrected chi connectivity index (χ3v) is 4.28. The van der Waals surface area contributed by atoms with E-state index in [0.717, 1.165) is 49.8 Å². The summed E-state index contributed by atoms with van der Waals surface area (Å²) in [7, 11) is 0. The molecule has 1 amide bonds. The van der Waals surface area contributed by atoms with Crippen LogP contribution in [0, 0.1) is 0 Å². The molecule has 0 radical (unpaired) electrons. The molecule has 1 saturated heterocycles. The van der Waals surface area contributed by atoms with Crippen LogP contribution in [0.15, 0.2) is 48.7 Å². The summed E-state index contributed by atoms with van der Waals surface area (Å²) >= 11 is 0. The van der Waals surface area contributed by atoms with Gasteiger partial charge in [0.15, 0.2) is 0 Å². The van der Waals surface area contributed by atoms with Crippen molar-refractivity contribution in [2.24, 2.45) is 0 Å². The second-order valence-electron chi connectivity index (χ2n) is 5.87.